The third kappa shape index (κ3) is 1.44. The van der Waals surface area contributed by atoms with Crippen molar-refractivity contribution in [3.05, 3.63) is 74.7 Å². The SMILES string of the molecule is C1=CCc2c3c(ncc2=C1)=c1ccccc1=C3.Cl. The molecule has 0 amide bonds. The normalized spacial score (nSPS) is 13.6. The number of hydrogen-bond donors (Lipinski definition) is 0. The Morgan fingerprint density at radius 3 is 2.89 bits per heavy atom. The van der Waals surface area contributed by atoms with Gasteiger partial charge in [0, 0.05) is 17.0 Å². The molecule has 0 bridgehead atoms. The van der Waals surface area contributed by atoms with Gasteiger partial charge < -0.3 is 0 Å². The number of pyridine rings is 1. The van der Waals surface area contributed by atoms with E-state index in [0.717, 1.165) is 11.8 Å². The van der Waals surface area contributed by atoms with Gasteiger partial charge in [-0.15, -0.1) is 12.4 Å². The van der Waals surface area contributed by atoms with Gasteiger partial charge in [-0.2, -0.15) is 0 Å². The van der Waals surface area contributed by atoms with Crippen molar-refractivity contribution in [2.24, 2.45) is 0 Å². The van der Waals surface area contributed by atoms with Crippen LogP contribution in [0.5, 0.6) is 0 Å². The van der Waals surface area contributed by atoms with E-state index in [1.165, 1.54) is 26.8 Å². The van der Waals surface area contributed by atoms with Gasteiger partial charge in [-0.05, 0) is 28.5 Å². The summed E-state index contributed by atoms with van der Waals surface area (Å²) in [4.78, 5) is 4.62. The zero-order chi connectivity index (χ0) is 11.2. The van der Waals surface area contributed by atoms with Crippen molar-refractivity contribution in [1.29, 1.82) is 0 Å². The summed E-state index contributed by atoms with van der Waals surface area (Å²) in [5.74, 6) is 0. The summed E-state index contributed by atoms with van der Waals surface area (Å²) < 4.78 is 0. The zero-order valence-corrected chi connectivity index (χ0v) is 10.6. The van der Waals surface area contributed by atoms with E-state index < -0.39 is 0 Å². The Hall–Kier alpha value is -1.86. The molecule has 0 N–H and O–H groups in total. The minimum absolute atomic E-state index is 0. The molecule has 0 fully saturated rings. The Kier molecular flexibility index (Phi) is 2.57. The van der Waals surface area contributed by atoms with Gasteiger partial charge in [0.1, 0.15) is 0 Å². The molecule has 0 saturated heterocycles. The summed E-state index contributed by atoms with van der Waals surface area (Å²) >= 11 is 0. The lowest BCUT2D eigenvalue weighted by molar-refractivity contribution is 1.12. The number of hydrogen-bond acceptors (Lipinski definition) is 1. The van der Waals surface area contributed by atoms with E-state index in [1.807, 2.05) is 6.20 Å². The number of halogens is 1. The molecule has 2 aliphatic rings. The Bertz CT molecular complexity index is 863. The number of aromatic nitrogens is 1. The fraction of sp³-hybridized carbons (Fsp3) is 0.0625. The van der Waals surface area contributed by atoms with Gasteiger partial charge in [0.2, 0.25) is 0 Å². The molecule has 0 saturated carbocycles. The summed E-state index contributed by atoms with van der Waals surface area (Å²) in [6, 6.07) is 8.47. The molecule has 1 heterocycles. The third-order valence-corrected chi connectivity index (χ3v) is 3.51. The molecule has 0 aliphatic heterocycles. The molecule has 2 heteroatoms. The maximum atomic E-state index is 4.62. The fourth-order valence-electron chi connectivity index (χ4n) is 2.67. The second kappa shape index (κ2) is 4.11. The number of fused-ring (bicyclic) bond motifs is 4. The molecule has 4 rings (SSSR count). The van der Waals surface area contributed by atoms with Crippen LogP contribution in [0.3, 0.4) is 0 Å². The van der Waals surface area contributed by atoms with Crippen LogP contribution in [0.25, 0.3) is 12.2 Å². The Balaban J connectivity index is 0.000001000. The highest BCUT2D eigenvalue weighted by Crippen LogP contribution is 2.13. The summed E-state index contributed by atoms with van der Waals surface area (Å²) in [5, 5.41) is 4.95. The van der Waals surface area contributed by atoms with Gasteiger partial charge in [-0.25, -0.2) is 0 Å². The molecular weight excluding hydrogens is 242 g/mol. The predicted molar refractivity (Wildman–Crippen MR) is 75.7 cm³/mol. The average Bonchev–Trinajstić information content (AvgIpc) is 2.78. The molecule has 1 aromatic heterocycles. The monoisotopic (exact) mass is 253 g/mol. The molecule has 18 heavy (non-hydrogen) atoms. The molecule has 88 valence electrons. The molecule has 0 unspecified atom stereocenters. The summed E-state index contributed by atoms with van der Waals surface area (Å²) in [7, 11) is 0. The van der Waals surface area contributed by atoms with E-state index in [2.05, 4.69) is 53.6 Å². The number of rotatable bonds is 0. The Morgan fingerprint density at radius 1 is 1.06 bits per heavy atom. The Labute approximate surface area is 111 Å². The lowest BCUT2D eigenvalue weighted by Gasteiger charge is -2.06. The first kappa shape index (κ1) is 11.2. The van der Waals surface area contributed by atoms with Crippen molar-refractivity contribution in [2.45, 2.75) is 6.42 Å². The average molecular weight is 254 g/mol. The van der Waals surface area contributed by atoms with Crippen LogP contribution in [0.4, 0.5) is 0 Å². The highest BCUT2D eigenvalue weighted by molar-refractivity contribution is 5.85. The lowest BCUT2D eigenvalue weighted by atomic mass is 10.0. The largest absolute Gasteiger partial charge is 0.255 e. The van der Waals surface area contributed by atoms with E-state index in [9.17, 15) is 0 Å². The fourth-order valence-corrected chi connectivity index (χ4v) is 2.67. The van der Waals surface area contributed by atoms with Gasteiger partial charge in [-0.1, -0.05) is 42.5 Å². The first-order valence-corrected chi connectivity index (χ1v) is 5.89. The van der Waals surface area contributed by atoms with Crippen LogP contribution in [0.15, 0.2) is 42.6 Å². The van der Waals surface area contributed by atoms with E-state index in [1.54, 1.807) is 0 Å². The van der Waals surface area contributed by atoms with Crippen LogP contribution in [0.2, 0.25) is 0 Å². The molecule has 1 aromatic carbocycles. The molecule has 2 aromatic rings. The van der Waals surface area contributed by atoms with Crippen LogP contribution in [-0.2, 0) is 6.42 Å². The van der Waals surface area contributed by atoms with E-state index in [0.29, 0.717) is 0 Å². The van der Waals surface area contributed by atoms with Crippen LogP contribution in [0, 0.1) is 10.6 Å². The van der Waals surface area contributed by atoms with E-state index in [4.69, 9.17) is 0 Å². The molecular formula is C16H12ClN. The standard InChI is InChI=1S/C16H11N.ClH/c1-4-8-14-11(5-1)9-15-13-7-3-2-6-12(13)10-17-16(14)15;/h1-6,8-10H,7H2;1H. The van der Waals surface area contributed by atoms with Crippen molar-refractivity contribution >= 4 is 24.6 Å². The second-order valence-corrected chi connectivity index (χ2v) is 4.48. The molecule has 0 radical (unpaired) electrons. The van der Waals surface area contributed by atoms with Crippen LogP contribution in [-0.4, -0.2) is 4.98 Å². The van der Waals surface area contributed by atoms with Gasteiger partial charge in [0.15, 0.2) is 0 Å². The maximum Gasteiger partial charge on any atom is 0.0783 e. The van der Waals surface area contributed by atoms with Crippen molar-refractivity contribution in [3.63, 3.8) is 0 Å². The Morgan fingerprint density at radius 2 is 1.94 bits per heavy atom. The zero-order valence-electron chi connectivity index (χ0n) is 9.76. The van der Waals surface area contributed by atoms with Gasteiger partial charge in [0.25, 0.3) is 0 Å². The van der Waals surface area contributed by atoms with Crippen LogP contribution in [0.1, 0.15) is 11.1 Å². The smallest absolute Gasteiger partial charge is 0.0783 e. The lowest BCUT2D eigenvalue weighted by Crippen LogP contribution is -2.14. The highest BCUT2D eigenvalue weighted by atomic mass is 35.5. The van der Waals surface area contributed by atoms with E-state index in [-0.39, 0.29) is 12.4 Å². The minimum atomic E-state index is 0. The first-order chi connectivity index (χ1) is 8.43. The van der Waals surface area contributed by atoms with Crippen molar-refractivity contribution < 1.29 is 0 Å². The van der Waals surface area contributed by atoms with Crippen molar-refractivity contribution in [1.82, 2.24) is 4.98 Å². The quantitative estimate of drug-likeness (QED) is 0.596. The van der Waals surface area contributed by atoms with Gasteiger partial charge >= 0.3 is 0 Å². The van der Waals surface area contributed by atoms with E-state index >= 15 is 0 Å². The second-order valence-electron chi connectivity index (χ2n) is 4.48. The first-order valence-electron chi connectivity index (χ1n) is 5.89. The van der Waals surface area contributed by atoms with Gasteiger partial charge in [0.05, 0.1) is 5.35 Å². The summed E-state index contributed by atoms with van der Waals surface area (Å²) in [6.07, 6.45) is 11.7. The topological polar surface area (TPSA) is 12.9 Å². The maximum absolute atomic E-state index is 4.62. The summed E-state index contributed by atoms with van der Waals surface area (Å²) in [5.41, 5.74) is 2.72. The molecule has 0 atom stereocenters. The molecule has 0 spiro atoms. The predicted octanol–water partition coefficient (Wildman–Crippen LogP) is 1.83. The number of benzene rings is 1. The number of allylic oxidation sites excluding steroid dienone is 2. The van der Waals surface area contributed by atoms with Gasteiger partial charge in [-0.3, -0.25) is 4.98 Å². The van der Waals surface area contributed by atoms with Crippen LogP contribution < -0.4 is 10.4 Å². The summed E-state index contributed by atoms with van der Waals surface area (Å²) in [6.45, 7) is 0. The van der Waals surface area contributed by atoms with Crippen molar-refractivity contribution in [3.8, 4) is 0 Å². The van der Waals surface area contributed by atoms with Crippen LogP contribution >= 0.6 is 12.4 Å². The highest BCUT2D eigenvalue weighted by Gasteiger charge is 2.10. The molecule has 1 nitrogen and oxygen atoms in total. The molecule has 2 aliphatic carbocycles. The number of nitrogens with zero attached hydrogens (tertiary/aromatic N) is 1. The minimum Gasteiger partial charge on any atom is -0.255 e. The van der Waals surface area contributed by atoms with Crippen molar-refractivity contribution in [2.75, 3.05) is 0 Å². The third-order valence-electron chi connectivity index (χ3n) is 3.51.